The molecule has 20 heavy (non-hydrogen) atoms. The van der Waals surface area contributed by atoms with Crippen LogP contribution in [-0.2, 0) is 0 Å². The lowest BCUT2D eigenvalue weighted by atomic mass is 10.1. The first kappa shape index (κ1) is 16.3. The maximum absolute atomic E-state index is 6.29. The van der Waals surface area contributed by atoms with Crippen molar-refractivity contribution in [3.63, 3.8) is 0 Å². The monoisotopic (exact) mass is 384 g/mol. The summed E-state index contributed by atoms with van der Waals surface area (Å²) in [6.07, 6.45) is 0. The molecule has 0 atom stereocenters. The second kappa shape index (κ2) is 6.79. The normalized spacial score (nSPS) is 12.3. The van der Waals surface area contributed by atoms with Crippen LogP contribution >= 0.6 is 69.6 Å². The summed E-state index contributed by atoms with van der Waals surface area (Å²) < 4.78 is 0. The molecule has 0 N–H and O–H groups in total. The van der Waals surface area contributed by atoms with E-state index in [0.717, 1.165) is 0 Å². The second-order valence-electron chi connectivity index (χ2n) is 3.88. The molecule has 0 saturated carbocycles. The molecular weight excluding hydrogens is 381 g/mol. The highest BCUT2D eigenvalue weighted by molar-refractivity contribution is 6.66. The van der Waals surface area contributed by atoms with E-state index < -0.39 is 0 Å². The Morgan fingerprint density at radius 2 is 0.950 bits per heavy atom. The molecule has 0 unspecified atom stereocenters. The van der Waals surface area contributed by atoms with E-state index >= 15 is 0 Å². The SMILES string of the molecule is ClC(=C(Cl)c1ccc(Cl)cc1Cl)c1ccc(Cl)cc1Cl. The first-order valence-electron chi connectivity index (χ1n) is 5.36. The minimum absolute atomic E-state index is 0.289. The van der Waals surface area contributed by atoms with Crippen molar-refractivity contribution in [2.45, 2.75) is 0 Å². The Morgan fingerprint density at radius 1 is 0.600 bits per heavy atom. The molecule has 0 aliphatic carbocycles. The van der Waals surface area contributed by atoms with Crippen molar-refractivity contribution in [2.24, 2.45) is 0 Å². The van der Waals surface area contributed by atoms with Gasteiger partial charge in [0.15, 0.2) is 0 Å². The average Bonchev–Trinajstić information content (AvgIpc) is 2.37. The van der Waals surface area contributed by atoms with Gasteiger partial charge in [-0.1, -0.05) is 81.7 Å². The van der Waals surface area contributed by atoms with Crippen molar-refractivity contribution in [1.82, 2.24) is 0 Å². The van der Waals surface area contributed by atoms with Crippen molar-refractivity contribution in [1.29, 1.82) is 0 Å². The zero-order chi connectivity index (χ0) is 14.9. The van der Waals surface area contributed by atoms with Crippen LogP contribution in [0.4, 0.5) is 0 Å². The van der Waals surface area contributed by atoms with E-state index in [1.807, 2.05) is 0 Å². The molecule has 2 aromatic rings. The van der Waals surface area contributed by atoms with Gasteiger partial charge in [0.1, 0.15) is 0 Å². The molecule has 6 heteroatoms. The highest BCUT2D eigenvalue weighted by atomic mass is 35.5. The van der Waals surface area contributed by atoms with Crippen LogP contribution in [-0.4, -0.2) is 0 Å². The fraction of sp³-hybridized carbons (Fsp3) is 0. The molecule has 2 aromatic carbocycles. The highest BCUT2D eigenvalue weighted by Gasteiger charge is 2.13. The first-order chi connectivity index (χ1) is 9.40. The van der Waals surface area contributed by atoms with Gasteiger partial charge in [-0.3, -0.25) is 0 Å². The van der Waals surface area contributed by atoms with Gasteiger partial charge in [0.05, 0.1) is 20.1 Å². The Bertz CT molecular complexity index is 631. The van der Waals surface area contributed by atoms with Crippen molar-refractivity contribution < 1.29 is 0 Å². The highest BCUT2D eigenvalue weighted by Crippen LogP contribution is 2.39. The molecule has 0 aliphatic heterocycles. The average molecular weight is 387 g/mol. The number of hydrogen-bond donors (Lipinski definition) is 0. The summed E-state index contributed by atoms with van der Waals surface area (Å²) >= 11 is 36.5. The predicted molar refractivity (Wildman–Crippen MR) is 91.4 cm³/mol. The summed E-state index contributed by atoms with van der Waals surface area (Å²) in [6, 6.07) is 9.93. The summed E-state index contributed by atoms with van der Waals surface area (Å²) in [4.78, 5) is 0. The van der Waals surface area contributed by atoms with Crippen LogP contribution in [0.15, 0.2) is 36.4 Å². The molecular formula is C14H6Cl6. The largest absolute Gasteiger partial charge is 0.0843 e. The van der Waals surface area contributed by atoms with E-state index in [1.54, 1.807) is 36.4 Å². The number of hydrogen-bond acceptors (Lipinski definition) is 0. The molecule has 0 saturated heterocycles. The van der Waals surface area contributed by atoms with E-state index in [1.165, 1.54) is 0 Å². The summed E-state index contributed by atoms with van der Waals surface area (Å²) in [5.74, 6) is 0. The zero-order valence-electron chi connectivity index (χ0n) is 9.73. The topological polar surface area (TPSA) is 0 Å². The van der Waals surface area contributed by atoms with Crippen LogP contribution in [0.3, 0.4) is 0 Å². The van der Waals surface area contributed by atoms with Crippen LogP contribution in [0, 0.1) is 0 Å². The standard InChI is InChI=1S/C14H6Cl6/c15-7-1-3-9(11(17)5-7)13(19)14(20)10-4-2-8(16)6-12(10)18/h1-6H. The third-order valence-corrected chi connectivity index (χ3v) is 4.51. The third kappa shape index (κ3) is 3.57. The van der Waals surface area contributed by atoms with E-state index in [2.05, 4.69) is 0 Å². The van der Waals surface area contributed by atoms with Crippen molar-refractivity contribution in [2.75, 3.05) is 0 Å². The van der Waals surface area contributed by atoms with Gasteiger partial charge in [-0.2, -0.15) is 0 Å². The minimum atomic E-state index is 0.289. The predicted octanol–water partition coefficient (Wildman–Crippen LogP) is 7.60. The van der Waals surface area contributed by atoms with Gasteiger partial charge in [-0.15, -0.1) is 0 Å². The molecule has 2 rings (SSSR count). The molecule has 0 nitrogen and oxygen atoms in total. The second-order valence-corrected chi connectivity index (χ2v) is 6.32. The smallest absolute Gasteiger partial charge is 0.0686 e. The van der Waals surface area contributed by atoms with Crippen molar-refractivity contribution in [3.8, 4) is 0 Å². The van der Waals surface area contributed by atoms with E-state index in [4.69, 9.17) is 69.6 Å². The maximum Gasteiger partial charge on any atom is 0.0686 e. The Hall–Kier alpha value is -0.0800. The van der Waals surface area contributed by atoms with Gasteiger partial charge < -0.3 is 0 Å². The first-order valence-corrected chi connectivity index (χ1v) is 7.63. The van der Waals surface area contributed by atoms with Gasteiger partial charge in [0.25, 0.3) is 0 Å². The van der Waals surface area contributed by atoms with E-state index in [9.17, 15) is 0 Å². The number of benzene rings is 2. The quantitative estimate of drug-likeness (QED) is 0.466. The molecule has 0 aromatic heterocycles. The lowest BCUT2D eigenvalue weighted by molar-refractivity contribution is 1.62. The molecule has 0 heterocycles. The van der Waals surface area contributed by atoms with Crippen molar-refractivity contribution >= 4 is 79.7 Å². The fourth-order valence-corrected chi connectivity index (χ4v) is 3.21. The van der Waals surface area contributed by atoms with Gasteiger partial charge in [-0.25, -0.2) is 0 Å². The van der Waals surface area contributed by atoms with Crippen LogP contribution in [0.25, 0.3) is 10.1 Å². The summed E-state index contributed by atoms with van der Waals surface area (Å²) in [5.41, 5.74) is 1.16. The van der Waals surface area contributed by atoms with Gasteiger partial charge in [-0.05, 0) is 24.3 Å². The van der Waals surface area contributed by atoms with E-state index in [0.29, 0.717) is 31.2 Å². The van der Waals surface area contributed by atoms with Crippen LogP contribution in [0.2, 0.25) is 20.1 Å². The third-order valence-electron chi connectivity index (χ3n) is 2.53. The zero-order valence-corrected chi connectivity index (χ0v) is 14.3. The summed E-state index contributed by atoms with van der Waals surface area (Å²) in [5, 5.41) is 2.43. The number of halogens is 6. The summed E-state index contributed by atoms with van der Waals surface area (Å²) in [6.45, 7) is 0. The fourth-order valence-electron chi connectivity index (χ4n) is 1.57. The minimum Gasteiger partial charge on any atom is -0.0843 e. The van der Waals surface area contributed by atoms with Crippen LogP contribution in [0.5, 0.6) is 0 Å². The molecule has 0 bridgehead atoms. The van der Waals surface area contributed by atoms with Crippen LogP contribution < -0.4 is 0 Å². The lowest BCUT2D eigenvalue weighted by Gasteiger charge is -2.09. The van der Waals surface area contributed by atoms with E-state index in [-0.39, 0.29) is 10.1 Å². The Labute approximate surface area is 146 Å². The Balaban J connectivity index is 2.55. The molecule has 0 amide bonds. The molecule has 104 valence electrons. The van der Waals surface area contributed by atoms with Gasteiger partial charge in [0.2, 0.25) is 0 Å². The van der Waals surface area contributed by atoms with Crippen LogP contribution in [0.1, 0.15) is 11.1 Å². The molecule has 0 spiro atoms. The van der Waals surface area contributed by atoms with Gasteiger partial charge in [0, 0.05) is 21.2 Å². The van der Waals surface area contributed by atoms with Gasteiger partial charge >= 0.3 is 0 Å². The van der Waals surface area contributed by atoms with Crippen molar-refractivity contribution in [3.05, 3.63) is 67.6 Å². The maximum atomic E-state index is 6.29. The Morgan fingerprint density at radius 3 is 1.25 bits per heavy atom. The molecule has 0 aliphatic rings. The molecule has 0 fully saturated rings. The summed E-state index contributed by atoms with van der Waals surface area (Å²) in [7, 11) is 0. The Kier molecular flexibility index (Phi) is 5.53. The molecule has 0 radical (unpaired) electrons. The lowest BCUT2D eigenvalue weighted by Crippen LogP contribution is -1.86. The number of rotatable bonds is 2.